The summed E-state index contributed by atoms with van der Waals surface area (Å²) >= 11 is 5.98. The first kappa shape index (κ1) is 20.3. The van der Waals surface area contributed by atoms with E-state index in [0.29, 0.717) is 5.16 Å². The summed E-state index contributed by atoms with van der Waals surface area (Å²) in [6.45, 7) is 4.44. The molecule has 0 atom stereocenters. The fourth-order valence-corrected chi connectivity index (χ4v) is 12.6. The first-order chi connectivity index (χ1) is 12.8. The van der Waals surface area contributed by atoms with Crippen LogP contribution in [0.25, 0.3) is 0 Å². The van der Waals surface area contributed by atoms with Crippen LogP contribution >= 0.6 is 19.6 Å². The van der Waals surface area contributed by atoms with E-state index in [2.05, 4.69) is 49.5 Å². The third kappa shape index (κ3) is 3.34. The first-order valence-corrected chi connectivity index (χ1v) is 12.9. The van der Waals surface area contributed by atoms with Crippen molar-refractivity contribution >= 4 is 24.7 Å². The minimum atomic E-state index is -1.88. The van der Waals surface area contributed by atoms with Crippen molar-refractivity contribution in [1.29, 1.82) is 0 Å². The van der Waals surface area contributed by atoms with Gasteiger partial charge >= 0.3 is 0 Å². The Kier molecular flexibility index (Phi) is 5.53. The van der Waals surface area contributed by atoms with Gasteiger partial charge in [0, 0.05) is 5.16 Å². The average molecular weight is 413 g/mol. The quantitative estimate of drug-likeness (QED) is 0.568. The molecule has 4 bridgehead atoms. The zero-order valence-electron chi connectivity index (χ0n) is 17.9. The van der Waals surface area contributed by atoms with Crippen LogP contribution in [0.15, 0.2) is 4.74 Å². The molecule has 0 amide bonds. The van der Waals surface area contributed by atoms with E-state index in [4.69, 9.17) is 17.0 Å². The lowest BCUT2D eigenvalue weighted by Crippen LogP contribution is -3.12. The molecule has 5 nitrogen and oxygen atoms in total. The highest BCUT2D eigenvalue weighted by atomic mass is 32.1. The van der Waals surface area contributed by atoms with Crippen LogP contribution in [0.4, 0.5) is 0 Å². The number of rotatable bonds is 3. The zero-order valence-corrected chi connectivity index (χ0v) is 19.7. The average Bonchev–Trinajstić information content (AvgIpc) is 2.58. The van der Waals surface area contributed by atoms with Gasteiger partial charge in [0.1, 0.15) is 7.36 Å². The van der Waals surface area contributed by atoms with Crippen molar-refractivity contribution in [3.05, 3.63) is 0 Å². The Morgan fingerprint density at radius 1 is 0.963 bits per heavy atom. The molecule has 5 rings (SSSR count). The Morgan fingerprint density at radius 3 is 1.81 bits per heavy atom. The van der Waals surface area contributed by atoms with E-state index in [0.717, 1.165) is 36.0 Å². The summed E-state index contributed by atoms with van der Waals surface area (Å²) in [4.78, 5) is 3.99. The lowest BCUT2D eigenvalue weighted by atomic mass is 9.56. The van der Waals surface area contributed by atoms with Crippen LogP contribution in [-0.2, 0) is 0 Å². The number of piperazine rings is 1. The van der Waals surface area contributed by atoms with Crippen LogP contribution in [0.2, 0.25) is 0 Å². The van der Waals surface area contributed by atoms with Crippen LogP contribution < -0.4 is 4.90 Å². The molecule has 5 aliphatic rings. The molecule has 4 saturated carbocycles. The molecule has 1 aliphatic heterocycles. The SMILES string of the molecule is CN(C)P(=NC(=S)N1CC[NH+](C)CC1)(N(C)C)C12CC3CC(CC(C3)C1)C2. The molecule has 7 heteroatoms. The van der Waals surface area contributed by atoms with Gasteiger partial charge in [-0.1, -0.05) is 0 Å². The maximum absolute atomic E-state index is 5.98. The first-order valence-electron chi connectivity index (χ1n) is 10.8. The van der Waals surface area contributed by atoms with Crippen molar-refractivity contribution in [2.75, 3.05) is 61.4 Å². The summed E-state index contributed by atoms with van der Waals surface area (Å²) in [5.41, 5.74) is 0. The smallest absolute Gasteiger partial charge is 0.196 e. The third-order valence-electron chi connectivity index (χ3n) is 7.87. The molecule has 0 aromatic heterocycles. The molecule has 0 spiro atoms. The Balaban J connectivity index is 1.73. The van der Waals surface area contributed by atoms with Crippen molar-refractivity contribution in [1.82, 2.24) is 14.2 Å². The van der Waals surface area contributed by atoms with E-state index in [1.165, 1.54) is 51.6 Å². The molecule has 27 heavy (non-hydrogen) atoms. The summed E-state index contributed by atoms with van der Waals surface area (Å²) in [7, 11) is 9.49. The highest BCUT2D eigenvalue weighted by molar-refractivity contribution is 7.81. The standard InChI is InChI=1S/C20H38N5PS/c1-22(2)26(23(3)4,21-19(27)25-8-6-24(5)7-9-25)20-13-16-10-17(14-20)12-18(11-16)15-20/h16-18H,6-15H2,1-5H3/p+1. The second-order valence-electron chi connectivity index (χ2n) is 10.2. The van der Waals surface area contributed by atoms with Gasteiger partial charge in [-0.3, -0.25) is 9.34 Å². The van der Waals surface area contributed by atoms with E-state index in [9.17, 15) is 0 Å². The number of nitrogens with zero attached hydrogens (tertiary/aromatic N) is 4. The summed E-state index contributed by atoms with van der Waals surface area (Å²) in [5, 5.41) is 1.24. The van der Waals surface area contributed by atoms with E-state index >= 15 is 0 Å². The topological polar surface area (TPSA) is 26.5 Å². The molecule has 0 aromatic carbocycles. The molecule has 0 aromatic rings. The van der Waals surface area contributed by atoms with Gasteiger partial charge in [0.2, 0.25) is 0 Å². The van der Waals surface area contributed by atoms with E-state index in [1.54, 1.807) is 4.90 Å². The Bertz CT molecular complexity index is 591. The van der Waals surface area contributed by atoms with E-state index in [-0.39, 0.29) is 0 Å². The van der Waals surface area contributed by atoms with Gasteiger partial charge in [-0.05, 0) is 96.7 Å². The van der Waals surface area contributed by atoms with Crippen molar-refractivity contribution in [2.45, 2.75) is 43.7 Å². The van der Waals surface area contributed by atoms with Crippen molar-refractivity contribution in [2.24, 2.45) is 22.5 Å². The van der Waals surface area contributed by atoms with Crippen molar-refractivity contribution < 1.29 is 4.90 Å². The molecule has 5 fully saturated rings. The van der Waals surface area contributed by atoms with Gasteiger partial charge in [0.25, 0.3) is 0 Å². The predicted molar refractivity (Wildman–Crippen MR) is 118 cm³/mol. The molecule has 154 valence electrons. The molecule has 4 aliphatic carbocycles. The number of thiocarbonyl (C=S) groups is 1. The number of nitrogens with one attached hydrogen (secondary N) is 1. The molecular weight excluding hydrogens is 373 g/mol. The Morgan fingerprint density at radius 2 is 1.41 bits per heavy atom. The van der Waals surface area contributed by atoms with Crippen LogP contribution in [0, 0.1) is 17.8 Å². The fourth-order valence-electron chi connectivity index (χ4n) is 7.19. The van der Waals surface area contributed by atoms with Gasteiger partial charge < -0.3 is 9.80 Å². The van der Waals surface area contributed by atoms with Gasteiger partial charge in [0.15, 0.2) is 5.11 Å². The van der Waals surface area contributed by atoms with Gasteiger partial charge in [-0.2, -0.15) is 0 Å². The molecular formula is C20H39N5PS+. The number of hydrogen-bond acceptors (Lipinski definition) is 1. The molecule has 0 radical (unpaired) electrons. The minimum absolute atomic E-state index is 0.358. The second kappa shape index (κ2) is 7.36. The van der Waals surface area contributed by atoms with Gasteiger partial charge in [-0.25, -0.2) is 4.74 Å². The Labute approximate surface area is 171 Å². The predicted octanol–water partition coefficient (Wildman–Crippen LogP) is 2.22. The number of hydrogen-bond donors (Lipinski definition) is 1. The zero-order chi connectivity index (χ0) is 19.4. The molecule has 1 heterocycles. The largest absolute Gasteiger partial charge is 0.336 e. The lowest BCUT2D eigenvalue weighted by Gasteiger charge is -2.63. The molecule has 0 unspecified atom stereocenters. The summed E-state index contributed by atoms with van der Waals surface area (Å²) in [6, 6.07) is 0. The van der Waals surface area contributed by atoms with Crippen LogP contribution in [0.1, 0.15) is 38.5 Å². The second-order valence-corrected chi connectivity index (χ2v) is 14.5. The van der Waals surface area contributed by atoms with Crippen molar-refractivity contribution in [3.63, 3.8) is 0 Å². The number of likely N-dealkylation sites (N-methyl/N-ethyl adjacent to an activating group) is 1. The van der Waals surface area contributed by atoms with E-state index < -0.39 is 7.36 Å². The van der Waals surface area contributed by atoms with Gasteiger partial charge in [-0.15, -0.1) is 0 Å². The summed E-state index contributed by atoms with van der Waals surface area (Å²) in [5.74, 6) is 2.81. The summed E-state index contributed by atoms with van der Waals surface area (Å²) < 4.78 is 10.5. The fraction of sp³-hybridized carbons (Fsp3) is 0.950. The van der Waals surface area contributed by atoms with E-state index in [1.807, 2.05) is 0 Å². The van der Waals surface area contributed by atoms with Crippen LogP contribution in [0.3, 0.4) is 0 Å². The highest BCUT2D eigenvalue weighted by Crippen LogP contribution is 2.75. The van der Waals surface area contributed by atoms with Crippen LogP contribution in [0.5, 0.6) is 0 Å². The molecule has 1 N–H and O–H groups in total. The third-order valence-corrected chi connectivity index (χ3v) is 12.9. The lowest BCUT2D eigenvalue weighted by molar-refractivity contribution is -0.883. The monoisotopic (exact) mass is 412 g/mol. The maximum atomic E-state index is 5.98. The normalized spacial score (nSPS) is 36.7. The van der Waals surface area contributed by atoms with Crippen molar-refractivity contribution in [3.8, 4) is 0 Å². The Hall–Kier alpha value is 0.0000000000000000139. The highest BCUT2D eigenvalue weighted by Gasteiger charge is 2.59. The molecule has 1 saturated heterocycles. The number of quaternary nitrogens is 1. The van der Waals surface area contributed by atoms with Crippen LogP contribution in [-0.4, -0.2) is 85.9 Å². The summed E-state index contributed by atoms with van der Waals surface area (Å²) in [6.07, 6.45) is 8.57. The maximum Gasteiger partial charge on any atom is 0.196 e. The van der Waals surface area contributed by atoms with Gasteiger partial charge in [0.05, 0.1) is 33.2 Å². The minimum Gasteiger partial charge on any atom is -0.336 e.